The summed E-state index contributed by atoms with van der Waals surface area (Å²) in [6.45, 7) is 7.68. The van der Waals surface area contributed by atoms with Crippen LogP contribution < -0.4 is 0 Å². The zero-order chi connectivity index (χ0) is 18.0. The highest BCUT2D eigenvalue weighted by Crippen LogP contribution is 2.29. The van der Waals surface area contributed by atoms with Crippen molar-refractivity contribution in [1.82, 2.24) is 4.47 Å². The third-order valence-electron chi connectivity index (χ3n) is 2.21. The van der Waals surface area contributed by atoms with Gasteiger partial charge in [0.2, 0.25) is 0 Å². The molecule has 1 aromatic heterocycles. The molecule has 0 aliphatic heterocycles. The highest BCUT2D eigenvalue weighted by atomic mass is 35.5. The minimum absolute atomic E-state index is 0.0389. The molecule has 0 spiro atoms. The van der Waals surface area contributed by atoms with Crippen molar-refractivity contribution >= 4 is 45.0 Å². The highest BCUT2D eigenvalue weighted by Gasteiger charge is 2.38. The largest absolute Gasteiger partial charge is 0.459 e. The molecule has 23 heavy (non-hydrogen) atoms. The SMILES string of the molecule is CC(C)C(=O)ON(C(=O)OC(C)(C)C)S(=O)(=O)c1ccc(Cl)s1. The summed E-state index contributed by atoms with van der Waals surface area (Å²) in [5, 5.41) is 0. The van der Waals surface area contributed by atoms with Gasteiger partial charge < -0.3 is 9.57 Å². The van der Waals surface area contributed by atoms with Crippen molar-refractivity contribution in [2.75, 3.05) is 0 Å². The summed E-state index contributed by atoms with van der Waals surface area (Å²) < 4.78 is 30.0. The number of thiophene rings is 1. The number of sulfonamides is 1. The summed E-state index contributed by atoms with van der Waals surface area (Å²) in [7, 11) is -4.43. The van der Waals surface area contributed by atoms with Gasteiger partial charge in [-0.2, -0.15) is 8.42 Å². The molecule has 0 saturated heterocycles. The monoisotopic (exact) mass is 383 g/mol. The molecular formula is C13H18ClNO6S2. The fraction of sp³-hybridized carbons (Fsp3) is 0.538. The van der Waals surface area contributed by atoms with E-state index in [9.17, 15) is 18.0 Å². The Kier molecular flexibility index (Phi) is 6.06. The number of amides is 1. The summed E-state index contributed by atoms with van der Waals surface area (Å²) in [5.74, 6) is -1.52. The highest BCUT2D eigenvalue weighted by molar-refractivity contribution is 7.91. The van der Waals surface area contributed by atoms with Crippen molar-refractivity contribution in [1.29, 1.82) is 0 Å². The fourth-order valence-corrected chi connectivity index (χ4v) is 3.81. The van der Waals surface area contributed by atoms with Crippen LogP contribution in [-0.4, -0.2) is 30.5 Å². The molecule has 10 heteroatoms. The van der Waals surface area contributed by atoms with Crippen LogP contribution in [0.15, 0.2) is 16.3 Å². The average molecular weight is 384 g/mol. The van der Waals surface area contributed by atoms with E-state index in [0.29, 0.717) is 0 Å². The molecule has 0 saturated carbocycles. The molecule has 0 unspecified atom stereocenters. The molecule has 0 aliphatic rings. The minimum atomic E-state index is -4.43. The number of carbonyl (C=O) groups is 2. The van der Waals surface area contributed by atoms with Crippen LogP contribution in [0.4, 0.5) is 4.79 Å². The molecule has 1 heterocycles. The summed E-state index contributed by atoms with van der Waals surface area (Å²) in [6.07, 6.45) is -1.31. The Hall–Kier alpha value is -1.32. The number of hydrogen-bond donors (Lipinski definition) is 0. The number of rotatable bonds is 3. The molecular weight excluding hydrogens is 366 g/mol. The zero-order valence-electron chi connectivity index (χ0n) is 13.3. The first-order chi connectivity index (χ1) is 10.3. The van der Waals surface area contributed by atoms with E-state index in [-0.39, 0.29) is 13.0 Å². The number of ether oxygens (including phenoxy) is 1. The van der Waals surface area contributed by atoms with Gasteiger partial charge in [0.05, 0.1) is 10.3 Å². The quantitative estimate of drug-likeness (QED) is 0.742. The van der Waals surface area contributed by atoms with Gasteiger partial charge in [-0.05, 0) is 37.4 Å². The van der Waals surface area contributed by atoms with Gasteiger partial charge in [-0.3, -0.25) is 0 Å². The van der Waals surface area contributed by atoms with E-state index in [1.54, 1.807) is 20.8 Å². The molecule has 0 aliphatic carbocycles. The van der Waals surface area contributed by atoms with Crippen molar-refractivity contribution in [3.63, 3.8) is 0 Å². The van der Waals surface area contributed by atoms with E-state index < -0.39 is 33.6 Å². The van der Waals surface area contributed by atoms with Crippen LogP contribution in [-0.2, 0) is 24.4 Å². The van der Waals surface area contributed by atoms with E-state index in [2.05, 4.69) is 0 Å². The lowest BCUT2D eigenvalue weighted by Crippen LogP contribution is -2.42. The van der Waals surface area contributed by atoms with E-state index >= 15 is 0 Å². The van der Waals surface area contributed by atoms with Crippen LogP contribution in [0.5, 0.6) is 0 Å². The number of hydrogen-bond acceptors (Lipinski definition) is 7. The standard InChI is InChI=1S/C13H18ClNO6S2/c1-8(2)11(16)21-15(12(17)20-13(3,4)5)23(18,19)10-7-6-9(14)22-10/h6-8H,1-5H3. The Balaban J connectivity index is 3.22. The van der Waals surface area contributed by atoms with Crippen molar-refractivity contribution in [2.45, 2.75) is 44.4 Å². The van der Waals surface area contributed by atoms with Gasteiger partial charge in [0, 0.05) is 0 Å². The molecule has 0 aromatic carbocycles. The first-order valence-electron chi connectivity index (χ1n) is 6.60. The van der Waals surface area contributed by atoms with E-state index in [1.165, 1.54) is 26.0 Å². The zero-order valence-corrected chi connectivity index (χ0v) is 15.7. The van der Waals surface area contributed by atoms with Gasteiger partial charge in [0.1, 0.15) is 9.81 Å². The number of nitrogens with zero attached hydrogens (tertiary/aromatic N) is 1. The van der Waals surface area contributed by atoms with Crippen LogP contribution in [0.25, 0.3) is 0 Å². The van der Waals surface area contributed by atoms with Crippen molar-refractivity contribution in [2.24, 2.45) is 5.92 Å². The van der Waals surface area contributed by atoms with Gasteiger partial charge in [-0.15, -0.1) is 11.3 Å². The number of halogens is 1. The van der Waals surface area contributed by atoms with Gasteiger partial charge >= 0.3 is 22.1 Å². The Morgan fingerprint density at radius 2 is 1.83 bits per heavy atom. The van der Waals surface area contributed by atoms with Crippen LogP contribution >= 0.6 is 22.9 Å². The van der Waals surface area contributed by atoms with E-state index in [0.717, 1.165) is 11.3 Å². The Morgan fingerprint density at radius 1 is 1.26 bits per heavy atom. The van der Waals surface area contributed by atoms with Gasteiger partial charge in [0.25, 0.3) is 0 Å². The Labute approximate surface area is 144 Å². The molecule has 0 fully saturated rings. The van der Waals surface area contributed by atoms with Crippen molar-refractivity contribution < 1.29 is 27.6 Å². The first-order valence-corrected chi connectivity index (χ1v) is 9.23. The average Bonchev–Trinajstić information content (AvgIpc) is 2.80. The summed E-state index contributed by atoms with van der Waals surface area (Å²) in [4.78, 5) is 28.7. The van der Waals surface area contributed by atoms with Crippen molar-refractivity contribution in [3.8, 4) is 0 Å². The lowest BCUT2D eigenvalue weighted by molar-refractivity contribution is -0.170. The molecule has 1 amide bonds. The van der Waals surface area contributed by atoms with Crippen LogP contribution in [0.1, 0.15) is 34.6 Å². The van der Waals surface area contributed by atoms with Crippen LogP contribution in [0.3, 0.4) is 0 Å². The predicted octanol–water partition coefficient (Wildman–Crippen LogP) is 3.44. The predicted molar refractivity (Wildman–Crippen MR) is 85.5 cm³/mol. The maximum absolute atomic E-state index is 12.5. The Bertz CT molecular complexity index is 690. The topological polar surface area (TPSA) is 90.0 Å². The number of carbonyl (C=O) groups excluding carboxylic acids is 2. The van der Waals surface area contributed by atoms with E-state index in [1.807, 2.05) is 0 Å². The summed E-state index contributed by atoms with van der Waals surface area (Å²) in [6, 6.07) is 2.57. The van der Waals surface area contributed by atoms with Crippen LogP contribution in [0.2, 0.25) is 4.34 Å². The maximum Gasteiger partial charge on any atom is 0.459 e. The molecule has 1 aromatic rings. The van der Waals surface area contributed by atoms with Gasteiger partial charge in [0.15, 0.2) is 0 Å². The smallest absolute Gasteiger partial charge is 0.441 e. The molecule has 0 atom stereocenters. The van der Waals surface area contributed by atoms with Gasteiger partial charge in [-0.1, -0.05) is 25.4 Å². The second-order valence-corrected chi connectivity index (χ2v) is 9.53. The molecule has 7 nitrogen and oxygen atoms in total. The molecule has 0 bridgehead atoms. The maximum atomic E-state index is 12.5. The minimum Gasteiger partial charge on any atom is -0.441 e. The van der Waals surface area contributed by atoms with Gasteiger partial charge in [-0.25, -0.2) is 9.59 Å². The normalized spacial score (nSPS) is 12.1. The molecule has 1 rings (SSSR count). The first kappa shape index (κ1) is 19.7. The second kappa shape index (κ2) is 7.06. The lowest BCUT2D eigenvalue weighted by atomic mass is 10.2. The third-order valence-corrected chi connectivity index (χ3v) is 5.42. The number of hydroxylamine groups is 1. The lowest BCUT2D eigenvalue weighted by Gasteiger charge is -2.25. The fourth-order valence-electron chi connectivity index (χ4n) is 1.19. The van der Waals surface area contributed by atoms with E-state index in [4.69, 9.17) is 21.2 Å². The molecule has 0 N–H and O–H groups in total. The third kappa shape index (κ3) is 5.36. The summed E-state index contributed by atoms with van der Waals surface area (Å²) >= 11 is 6.46. The second-order valence-electron chi connectivity index (χ2n) is 5.84. The summed E-state index contributed by atoms with van der Waals surface area (Å²) in [5.41, 5.74) is -0.970. The molecule has 130 valence electrons. The Morgan fingerprint density at radius 3 is 2.22 bits per heavy atom. The molecule has 0 radical (unpaired) electrons. The van der Waals surface area contributed by atoms with Crippen LogP contribution in [0, 0.1) is 5.92 Å². The van der Waals surface area contributed by atoms with Crippen molar-refractivity contribution in [3.05, 3.63) is 16.5 Å².